The highest BCUT2D eigenvalue weighted by Gasteiger charge is 2.23. The summed E-state index contributed by atoms with van der Waals surface area (Å²) in [6.45, 7) is -0.575. The molecule has 6 N–H and O–H groups in total. The molecule has 0 fully saturated rings. The Kier molecular flexibility index (Phi) is 8.63. The molecule has 30 heavy (non-hydrogen) atoms. The summed E-state index contributed by atoms with van der Waals surface area (Å²) in [5.41, 5.74) is 5.40. The number of carbonyl (C=O) groups is 4. The van der Waals surface area contributed by atoms with Gasteiger partial charge in [-0.15, -0.1) is 11.8 Å². The molecule has 0 aliphatic heterocycles. The van der Waals surface area contributed by atoms with Gasteiger partial charge in [-0.25, -0.2) is 0 Å². The Bertz CT molecular complexity index is 930. The van der Waals surface area contributed by atoms with Crippen molar-refractivity contribution in [1.82, 2.24) is 10.6 Å². The number of carboxylic acid groups (broad SMARTS) is 2. The zero-order valence-electron chi connectivity index (χ0n) is 16.0. The predicted molar refractivity (Wildman–Crippen MR) is 112 cm³/mol. The monoisotopic (exact) mass is 433 g/mol. The number of carbonyl (C=O) groups excluding carboxylic acids is 2. The Morgan fingerprint density at radius 1 is 1.03 bits per heavy atom. The van der Waals surface area contributed by atoms with Crippen molar-refractivity contribution >= 4 is 46.3 Å². The Morgan fingerprint density at radius 3 is 2.43 bits per heavy atom. The number of thioether (sulfide) groups is 1. The molecule has 0 radical (unpaired) electrons. The first-order chi connectivity index (χ1) is 14.3. The van der Waals surface area contributed by atoms with Crippen LogP contribution in [0.25, 0.3) is 10.8 Å². The van der Waals surface area contributed by atoms with Crippen LogP contribution in [0.5, 0.6) is 0 Å². The fourth-order valence-electron chi connectivity index (χ4n) is 2.64. The molecule has 0 spiro atoms. The molecule has 2 aromatic carbocycles. The van der Waals surface area contributed by atoms with Crippen LogP contribution in [0.4, 0.5) is 0 Å². The number of nitrogens with two attached hydrogens (primary N) is 1. The van der Waals surface area contributed by atoms with Crippen molar-refractivity contribution in [3.63, 3.8) is 0 Å². The quantitative estimate of drug-likeness (QED) is 0.326. The minimum Gasteiger partial charge on any atom is -0.480 e. The fraction of sp³-hybridized carbons (Fsp3) is 0.300. The number of nitrogens with one attached hydrogen (secondary N) is 2. The molecule has 2 amide bonds. The summed E-state index contributed by atoms with van der Waals surface area (Å²) in [4.78, 5) is 47.0. The predicted octanol–water partition coefficient (Wildman–Crippen LogP) is 0.810. The van der Waals surface area contributed by atoms with Crippen molar-refractivity contribution in [2.45, 2.75) is 29.8 Å². The molecule has 10 heteroatoms. The van der Waals surface area contributed by atoms with E-state index in [0.29, 0.717) is 0 Å². The smallest absolute Gasteiger partial charge is 0.322 e. The van der Waals surface area contributed by atoms with Crippen molar-refractivity contribution in [2.75, 3.05) is 12.3 Å². The third kappa shape index (κ3) is 7.05. The maximum absolute atomic E-state index is 12.4. The Labute approximate surface area is 177 Å². The summed E-state index contributed by atoms with van der Waals surface area (Å²) in [5, 5.41) is 24.4. The van der Waals surface area contributed by atoms with Crippen molar-refractivity contribution in [1.29, 1.82) is 0 Å². The van der Waals surface area contributed by atoms with Crippen molar-refractivity contribution < 1.29 is 29.4 Å². The SMILES string of the molecule is N[C@@H](CCC(=O)N[C@H](CSc1cccc2ccccc12)C(=O)NCC(=O)O)C(=O)O. The lowest BCUT2D eigenvalue weighted by Gasteiger charge is -2.18. The third-order valence-electron chi connectivity index (χ3n) is 4.22. The molecule has 2 atom stereocenters. The molecule has 0 heterocycles. The number of hydrogen-bond acceptors (Lipinski definition) is 6. The van der Waals surface area contributed by atoms with Gasteiger partial charge >= 0.3 is 11.9 Å². The van der Waals surface area contributed by atoms with Crippen LogP contribution in [-0.2, 0) is 19.2 Å². The van der Waals surface area contributed by atoms with Crippen LogP contribution >= 0.6 is 11.8 Å². The number of aliphatic carboxylic acids is 2. The van der Waals surface area contributed by atoms with E-state index in [4.69, 9.17) is 15.9 Å². The van der Waals surface area contributed by atoms with Gasteiger partial charge in [0.1, 0.15) is 18.6 Å². The van der Waals surface area contributed by atoms with Crippen LogP contribution in [0.15, 0.2) is 47.4 Å². The lowest BCUT2D eigenvalue weighted by molar-refractivity contribution is -0.139. The number of carboxylic acids is 2. The van der Waals surface area contributed by atoms with Crippen molar-refractivity contribution in [2.24, 2.45) is 5.73 Å². The van der Waals surface area contributed by atoms with Gasteiger partial charge in [0.15, 0.2) is 0 Å². The van der Waals surface area contributed by atoms with Gasteiger partial charge < -0.3 is 26.6 Å². The number of fused-ring (bicyclic) bond motifs is 1. The third-order valence-corrected chi connectivity index (χ3v) is 5.39. The van der Waals surface area contributed by atoms with E-state index in [1.165, 1.54) is 11.8 Å². The average molecular weight is 433 g/mol. The number of amides is 2. The molecule has 9 nitrogen and oxygen atoms in total. The highest BCUT2D eigenvalue weighted by molar-refractivity contribution is 7.99. The molecule has 0 saturated heterocycles. The van der Waals surface area contributed by atoms with E-state index in [1.54, 1.807) is 0 Å². The summed E-state index contributed by atoms with van der Waals surface area (Å²) >= 11 is 1.35. The first-order valence-corrected chi connectivity index (χ1v) is 10.1. The minimum absolute atomic E-state index is 0.0822. The summed E-state index contributed by atoms with van der Waals surface area (Å²) < 4.78 is 0. The van der Waals surface area contributed by atoms with Gasteiger partial charge in [-0.2, -0.15) is 0 Å². The van der Waals surface area contributed by atoms with Gasteiger partial charge in [0.25, 0.3) is 0 Å². The van der Waals surface area contributed by atoms with E-state index in [1.807, 2.05) is 42.5 Å². The van der Waals surface area contributed by atoms with Crippen LogP contribution in [-0.4, -0.2) is 58.3 Å². The fourth-order valence-corrected chi connectivity index (χ4v) is 3.74. The summed E-state index contributed by atoms with van der Waals surface area (Å²) in [5.74, 6) is -3.44. The lowest BCUT2D eigenvalue weighted by Crippen LogP contribution is -2.49. The van der Waals surface area contributed by atoms with Crippen LogP contribution in [0, 0.1) is 0 Å². The Hall–Kier alpha value is -3.11. The second-order valence-electron chi connectivity index (χ2n) is 6.50. The molecule has 0 bridgehead atoms. The Balaban J connectivity index is 2.06. The van der Waals surface area contributed by atoms with Crippen molar-refractivity contribution in [3.05, 3.63) is 42.5 Å². The largest absolute Gasteiger partial charge is 0.480 e. The molecule has 0 saturated carbocycles. The van der Waals surface area contributed by atoms with Crippen LogP contribution in [0.2, 0.25) is 0 Å². The van der Waals surface area contributed by atoms with Crippen LogP contribution < -0.4 is 16.4 Å². The van der Waals surface area contributed by atoms with Gasteiger partial charge in [0.2, 0.25) is 11.8 Å². The zero-order valence-corrected chi connectivity index (χ0v) is 16.9. The highest BCUT2D eigenvalue weighted by atomic mass is 32.2. The highest BCUT2D eigenvalue weighted by Crippen LogP contribution is 2.28. The van der Waals surface area contributed by atoms with E-state index < -0.39 is 42.4 Å². The summed E-state index contributed by atoms with van der Waals surface area (Å²) in [6, 6.07) is 11.3. The molecular formula is C20H23N3O6S. The zero-order chi connectivity index (χ0) is 22.1. The molecule has 160 valence electrons. The van der Waals surface area contributed by atoms with Crippen LogP contribution in [0.3, 0.4) is 0 Å². The van der Waals surface area contributed by atoms with Gasteiger partial charge in [-0.05, 0) is 23.3 Å². The van der Waals surface area contributed by atoms with Gasteiger partial charge in [0, 0.05) is 17.1 Å². The minimum atomic E-state index is -1.22. The first-order valence-electron chi connectivity index (χ1n) is 9.15. The molecule has 0 aliphatic rings. The summed E-state index contributed by atoms with van der Waals surface area (Å²) in [6.07, 6.45) is -0.254. The van der Waals surface area contributed by atoms with E-state index in [-0.39, 0.29) is 18.6 Å². The first kappa shape index (κ1) is 23.2. The normalized spacial score (nSPS) is 12.7. The maximum atomic E-state index is 12.4. The van der Waals surface area contributed by atoms with Gasteiger partial charge in [0.05, 0.1) is 0 Å². The number of hydrogen-bond donors (Lipinski definition) is 5. The molecule has 0 aliphatic carbocycles. The molecule has 0 aromatic heterocycles. The van der Waals surface area contributed by atoms with E-state index >= 15 is 0 Å². The molecule has 0 unspecified atom stereocenters. The van der Waals surface area contributed by atoms with Gasteiger partial charge in [-0.1, -0.05) is 36.4 Å². The standard InChI is InChI=1S/C20H23N3O6S/c21-14(20(28)29)8-9-17(24)23-15(19(27)22-10-18(25)26)11-30-16-7-3-5-12-4-1-2-6-13(12)16/h1-7,14-15H,8-11,21H2,(H,22,27)(H,23,24)(H,25,26)(H,28,29)/t14-,15+/m0/s1. The average Bonchev–Trinajstić information content (AvgIpc) is 2.72. The molecule has 2 rings (SSSR count). The van der Waals surface area contributed by atoms with E-state index in [9.17, 15) is 19.2 Å². The summed E-state index contributed by atoms with van der Waals surface area (Å²) in [7, 11) is 0. The second-order valence-corrected chi connectivity index (χ2v) is 7.57. The second kappa shape index (κ2) is 11.2. The lowest BCUT2D eigenvalue weighted by atomic mass is 10.1. The maximum Gasteiger partial charge on any atom is 0.322 e. The van der Waals surface area contributed by atoms with E-state index in [0.717, 1.165) is 15.7 Å². The van der Waals surface area contributed by atoms with Crippen molar-refractivity contribution in [3.8, 4) is 0 Å². The number of rotatable bonds is 11. The number of benzene rings is 2. The van der Waals surface area contributed by atoms with Gasteiger partial charge in [-0.3, -0.25) is 19.2 Å². The molecular weight excluding hydrogens is 410 g/mol. The van der Waals surface area contributed by atoms with E-state index in [2.05, 4.69) is 10.6 Å². The topological polar surface area (TPSA) is 159 Å². The van der Waals surface area contributed by atoms with Crippen LogP contribution in [0.1, 0.15) is 12.8 Å². The Morgan fingerprint density at radius 2 is 1.73 bits per heavy atom. The molecule has 2 aromatic rings.